The molecule has 0 spiro atoms. The van der Waals surface area contributed by atoms with E-state index >= 15 is 0 Å². The average Bonchev–Trinajstić information content (AvgIpc) is 2.53. The van der Waals surface area contributed by atoms with Gasteiger partial charge in [-0.15, -0.1) is 0 Å². The van der Waals surface area contributed by atoms with Crippen molar-refractivity contribution < 1.29 is 9.53 Å². The molecule has 0 aromatic carbocycles. The van der Waals surface area contributed by atoms with Gasteiger partial charge in [-0.25, -0.2) is 10.8 Å². The molecule has 1 aromatic heterocycles. The lowest BCUT2D eigenvalue weighted by Crippen LogP contribution is -2.54. The van der Waals surface area contributed by atoms with E-state index in [0.717, 1.165) is 12.8 Å². The molecule has 1 saturated heterocycles. The summed E-state index contributed by atoms with van der Waals surface area (Å²) in [6.07, 6.45) is 6.25. The fraction of sp³-hybridized carbons (Fsp3) is 0.571. The average molecular weight is 276 g/mol. The van der Waals surface area contributed by atoms with Crippen molar-refractivity contribution in [3.63, 3.8) is 0 Å². The Hall–Kier alpha value is -1.66. The van der Waals surface area contributed by atoms with Crippen LogP contribution in [0.15, 0.2) is 18.3 Å². The Morgan fingerprint density at radius 1 is 1.45 bits per heavy atom. The summed E-state index contributed by atoms with van der Waals surface area (Å²) in [7, 11) is 0. The van der Waals surface area contributed by atoms with Crippen LogP contribution in [0.2, 0.25) is 0 Å². The number of anilines is 1. The molecule has 20 heavy (non-hydrogen) atoms. The van der Waals surface area contributed by atoms with Crippen molar-refractivity contribution in [2.75, 3.05) is 18.6 Å². The van der Waals surface area contributed by atoms with Gasteiger partial charge in [0, 0.05) is 18.3 Å². The zero-order valence-corrected chi connectivity index (χ0v) is 11.4. The Bertz CT molecular complexity index is 492. The van der Waals surface area contributed by atoms with Crippen molar-refractivity contribution in [2.45, 2.75) is 37.8 Å². The molecule has 2 heterocycles. The van der Waals surface area contributed by atoms with Crippen LogP contribution in [-0.2, 0) is 4.74 Å². The van der Waals surface area contributed by atoms with Gasteiger partial charge in [-0.1, -0.05) is 12.8 Å². The topological polar surface area (TPSA) is 80.5 Å². The van der Waals surface area contributed by atoms with E-state index in [9.17, 15) is 4.79 Å². The maximum Gasteiger partial charge on any atom is 0.254 e. The molecule has 6 heteroatoms. The van der Waals surface area contributed by atoms with E-state index < -0.39 is 0 Å². The molecular weight excluding hydrogens is 256 g/mol. The Labute approximate surface area is 118 Å². The van der Waals surface area contributed by atoms with E-state index in [4.69, 9.17) is 10.6 Å². The molecule has 0 bridgehead atoms. The maximum atomic E-state index is 12.7. The highest BCUT2D eigenvalue weighted by Gasteiger charge is 2.36. The predicted octanol–water partition coefficient (Wildman–Crippen LogP) is 1.15. The van der Waals surface area contributed by atoms with Crippen molar-refractivity contribution in [3.05, 3.63) is 23.9 Å². The molecule has 3 N–H and O–H groups in total. The minimum atomic E-state index is 0.0455. The number of ether oxygens (including phenoxy) is 1. The number of fused-ring (bicyclic) bond motifs is 1. The number of nitrogen functional groups attached to an aromatic ring is 1. The first-order chi connectivity index (χ1) is 9.79. The quantitative estimate of drug-likeness (QED) is 0.625. The van der Waals surface area contributed by atoms with Gasteiger partial charge in [0.05, 0.1) is 18.8 Å². The number of nitrogens with one attached hydrogen (secondary N) is 1. The van der Waals surface area contributed by atoms with E-state index in [1.165, 1.54) is 12.8 Å². The summed E-state index contributed by atoms with van der Waals surface area (Å²) in [6, 6.07) is 3.64. The Balaban J connectivity index is 1.81. The number of hydrogen-bond donors (Lipinski definition) is 2. The smallest absolute Gasteiger partial charge is 0.254 e. The van der Waals surface area contributed by atoms with E-state index in [1.807, 2.05) is 4.90 Å². The number of pyridine rings is 1. The summed E-state index contributed by atoms with van der Waals surface area (Å²) in [5.41, 5.74) is 3.10. The zero-order valence-electron chi connectivity index (χ0n) is 11.4. The van der Waals surface area contributed by atoms with E-state index in [-0.39, 0.29) is 18.1 Å². The van der Waals surface area contributed by atoms with Gasteiger partial charge in [0.15, 0.2) is 0 Å². The third-order valence-corrected chi connectivity index (χ3v) is 4.15. The summed E-state index contributed by atoms with van der Waals surface area (Å²) in [5, 5.41) is 0. The molecule has 1 aliphatic heterocycles. The fourth-order valence-corrected chi connectivity index (χ4v) is 3.16. The standard InChI is InChI=1S/C14H20N4O2/c15-17-13-9-10(5-6-16-13)14(19)18-7-8-20-12-4-2-1-3-11(12)18/h5-6,9,11-12H,1-4,7-8,15H2,(H,16,17). The predicted molar refractivity (Wildman–Crippen MR) is 75.1 cm³/mol. The van der Waals surface area contributed by atoms with Crippen LogP contribution in [0.4, 0.5) is 5.82 Å². The highest BCUT2D eigenvalue weighted by atomic mass is 16.5. The Morgan fingerprint density at radius 2 is 2.30 bits per heavy atom. The van der Waals surface area contributed by atoms with Crippen LogP contribution in [0.5, 0.6) is 0 Å². The second kappa shape index (κ2) is 5.76. The van der Waals surface area contributed by atoms with Gasteiger partial charge < -0.3 is 15.1 Å². The third-order valence-electron chi connectivity index (χ3n) is 4.15. The molecule has 1 saturated carbocycles. The molecule has 2 unspecified atom stereocenters. The first kappa shape index (κ1) is 13.3. The highest BCUT2D eigenvalue weighted by molar-refractivity contribution is 5.95. The zero-order chi connectivity index (χ0) is 13.9. The normalized spacial score (nSPS) is 25.9. The number of amides is 1. The van der Waals surface area contributed by atoms with Crippen LogP contribution >= 0.6 is 0 Å². The number of morpholine rings is 1. The summed E-state index contributed by atoms with van der Waals surface area (Å²) >= 11 is 0. The van der Waals surface area contributed by atoms with Crippen LogP contribution in [0.1, 0.15) is 36.0 Å². The first-order valence-electron chi connectivity index (χ1n) is 7.15. The molecule has 2 atom stereocenters. The van der Waals surface area contributed by atoms with E-state index in [2.05, 4.69) is 10.4 Å². The SMILES string of the molecule is NNc1cc(C(=O)N2CCOC3CCCCC32)ccn1. The number of nitrogens with zero attached hydrogens (tertiary/aromatic N) is 2. The van der Waals surface area contributed by atoms with Crippen molar-refractivity contribution >= 4 is 11.7 Å². The number of carbonyl (C=O) groups excluding carboxylic acids is 1. The molecule has 6 nitrogen and oxygen atoms in total. The van der Waals surface area contributed by atoms with E-state index in [1.54, 1.807) is 18.3 Å². The molecule has 2 fully saturated rings. The van der Waals surface area contributed by atoms with Gasteiger partial charge in [0.2, 0.25) is 0 Å². The highest BCUT2D eigenvalue weighted by Crippen LogP contribution is 2.29. The molecule has 2 aliphatic rings. The van der Waals surface area contributed by atoms with Crippen LogP contribution in [0.3, 0.4) is 0 Å². The van der Waals surface area contributed by atoms with Crippen LogP contribution in [-0.4, -0.2) is 41.1 Å². The van der Waals surface area contributed by atoms with E-state index in [0.29, 0.717) is 24.5 Å². The molecule has 3 rings (SSSR count). The molecule has 0 radical (unpaired) electrons. The van der Waals surface area contributed by atoms with Gasteiger partial charge in [-0.05, 0) is 25.0 Å². The second-order valence-corrected chi connectivity index (χ2v) is 5.33. The van der Waals surface area contributed by atoms with Crippen molar-refractivity contribution in [3.8, 4) is 0 Å². The van der Waals surface area contributed by atoms with Crippen LogP contribution in [0, 0.1) is 0 Å². The molecular formula is C14H20N4O2. The number of hydrazine groups is 1. The lowest BCUT2D eigenvalue weighted by atomic mass is 9.90. The lowest BCUT2D eigenvalue weighted by Gasteiger charge is -2.43. The van der Waals surface area contributed by atoms with Gasteiger partial charge in [-0.3, -0.25) is 4.79 Å². The minimum Gasteiger partial charge on any atom is -0.374 e. The summed E-state index contributed by atoms with van der Waals surface area (Å²) < 4.78 is 5.80. The van der Waals surface area contributed by atoms with Crippen LogP contribution in [0.25, 0.3) is 0 Å². The fourth-order valence-electron chi connectivity index (χ4n) is 3.16. The minimum absolute atomic E-state index is 0.0455. The van der Waals surface area contributed by atoms with Crippen LogP contribution < -0.4 is 11.3 Å². The maximum absolute atomic E-state index is 12.7. The van der Waals surface area contributed by atoms with Gasteiger partial charge in [0.1, 0.15) is 5.82 Å². The van der Waals surface area contributed by atoms with Gasteiger partial charge >= 0.3 is 0 Å². The summed E-state index contributed by atoms with van der Waals surface area (Å²) in [6.45, 7) is 1.29. The van der Waals surface area contributed by atoms with Crippen molar-refractivity contribution in [1.82, 2.24) is 9.88 Å². The summed E-state index contributed by atoms with van der Waals surface area (Å²) in [5.74, 6) is 5.90. The molecule has 108 valence electrons. The largest absolute Gasteiger partial charge is 0.374 e. The first-order valence-corrected chi connectivity index (χ1v) is 7.15. The van der Waals surface area contributed by atoms with Crippen molar-refractivity contribution in [1.29, 1.82) is 0 Å². The molecule has 1 aromatic rings. The van der Waals surface area contributed by atoms with Gasteiger partial charge in [-0.2, -0.15) is 0 Å². The number of carbonyl (C=O) groups is 1. The number of nitrogens with two attached hydrogens (primary N) is 1. The number of rotatable bonds is 2. The number of aromatic nitrogens is 1. The Morgan fingerprint density at radius 3 is 3.15 bits per heavy atom. The molecule has 1 aliphatic carbocycles. The lowest BCUT2D eigenvalue weighted by molar-refractivity contribution is -0.0752. The molecule has 1 amide bonds. The Kier molecular flexibility index (Phi) is 3.84. The van der Waals surface area contributed by atoms with Gasteiger partial charge in [0.25, 0.3) is 5.91 Å². The monoisotopic (exact) mass is 276 g/mol. The number of hydrogen-bond acceptors (Lipinski definition) is 5. The second-order valence-electron chi connectivity index (χ2n) is 5.33. The van der Waals surface area contributed by atoms with Crippen molar-refractivity contribution in [2.24, 2.45) is 5.84 Å². The summed E-state index contributed by atoms with van der Waals surface area (Å²) in [4.78, 5) is 18.7. The third kappa shape index (κ3) is 2.48.